The third-order valence-corrected chi connectivity index (χ3v) is 2.99. The lowest BCUT2D eigenvalue weighted by molar-refractivity contribution is 0.0696. The van der Waals surface area contributed by atoms with Crippen molar-refractivity contribution in [2.45, 2.75) is 33.4 Å². The zero-order valence-corrected chi connectivity index (χ0v) is 11.8. The van der Waals surface area contributed by atoms with Crippen LogP contribution in [-0.2, 0) is 6.54 Å². The summed E-state index contributed by atoms with van der Waals surface area (Å²) in [5.74, 6) is -0.965. The Bertz CT molecular complexity index is 608. The molecule has 0 saturated carbocycles. The Balaban J connectivity index is 2.21. The number of nitrogens with one attached hydrogen (secondary N) is 1. The summed E-state index contributed by atoms with van der Waals surface area (Å²) in [5.41, 5.74) is 2.16. The highest BCUT2D eigenvalue weighted by molar-refractivity contribution is 5.95. The van der Waals surface area contributed by atoms with Crippen LogP contribution in [0.1, 0.15) is 28.7 Å². The van der Waals surface area contributed by atoms with Crippen LogP contribution in [-0.4, -0.2) is 31.7 Å². The molecule has 0 bridgehead atoms. The zero-order chi connectivity index (χ0) is 14.7. The molecule has 20 heavy (non-hydrogen) atoms. The third kappa shape index (κ3) is 3.14. The summed E-state index contributed by atoms with van der Waals surface area (Å²) in [5, 5.41) is 12.6. The van der Waals surface area contributed by atoms with Crippen molar-refractivity contribution < 1.29 is 9.90 Å². The molecule has 0 aliphatic rings. The molecule has 2 N–H and O–H groups in total. The van der Waals surface area contributed by atoms with Gasteiger partial charge in [0, 0.05) is 30.7 Å². The number of anilines is 1. The van der Waals surface area contributed by atoms with Gasteiger partial charge >= 0.3 is 5.97 Å². The largest absolute Gasteiger partial charge is 0.478 e. The first-order chi connectivity index (χ1) is 9.47. The number of nitrogens with zero attached hydrogens (tertiary/aromatic N) is 3. The SMILES string of the molecule is Cc1cc(NC(C)Cn2ccnc2)c(C(=O)O)c(C)n1. The van der Waals surface area contributed by atoms with Gasteiger partial charge in [-0.2, -0.15) is 0 Å². The van der Waals surface area contributed by atoms with Crippen LogP contribution in [0.4, 0.5) is 5.69 Å². The van der Waals surface area contributed by atoms with E-state index in [1.54, 1.807) is 25.5 Å². The predicted molar refractivity (Wildman–Crippen MR) is 76.0 cm³/mol. The number of hydrogen-bond acceptors (Lipinski definition) is 4. The summed E-state index contributed by atoms with van der Waals surface area (Å²) in [6, 6.07) is 1.84. The van der Waals surface area contributed by atoms with E-state index in [1.165, 1.54) is 0 Å². The highest BCUT2D eigenvalue weighted by atomic mass is 16.4. The van der Waals surface area contributed by atoms with Crippen LogP contribution in [0.15, 0.2) is 24.8 Å². The van der Waals surface area contributed by atoms with Crippen LogP contribution in [0.25, 0.3) is 0 Å². The second-order valence-corrected chi connectivity index (χ2v) is 4.88. The quantitative estimate of drug-likeness (QED) is 0.872. The molecule has 0 aliphatic carbocycles. The van der Waals surface area contributed by atoms with Crippen LogP contribution in [0.5, 0.6) is 0 Å². The minimum absolute atomic E-state index is 0.0727. The fraction of sp³-hybridized carbons (Fsp3) is 0.357. The van der Waals surface area contributed by atoms with Crippen LogP contribution < -0.4 is 5.32 Å². The highest BCUT2D eigenvalue weighted by Crippen LogP contribution is 2.20. The van der Waals surface area contributed by atoms with Crippen molar-refractivity contribution in [2.75, 3.05) is 5.32 Å². The van der Waals surface area contributed by atoms with Crippen molar-refractivity contribution in [3.05, 3.63) is 41.7 Å². The first-order valence-electron chi connectivity index (χ1n) is 6.41. The van der Waals surface area contributed by atoms with Crippen LogP contribution >= 0.6 is 0 Å². The van der Waals surface area contributed by atoms with Crippen molar-refractivity contribution >= 4 is 11.7 Å². The van der Waals surface area contributed by atoms with Crippen molar-refractivity contribution in [1.82, 2.24) is 14.5 Å². The predicted octanol–water partition coefficient (Wildman–Crippen LogP) is 2.09. The van der Waals surface area contributed by atoms with Gasteiger partial charge in [0.1, 0.15) is 5.56 Å². The van der Waals surface area contributed by atoms with E-state index in [2.05, 4.69) is 15.3 Å². The number of aryl methyl sites for hydroxylation is 2. The van der Waals surface area contributed by atoms with Crippen LogP contribution in [0.2, 0.25) is 0 Å². The average molecular weight is 274 g/mol. The highest BCUT2D eigenvalue weighted by Gasteiger charge is 2.16. The topological polar surface area (TPSA) is 80.0 Å². The Morgan fingerprint density at radius 2 is 2.25 bits per heavy atom. The number of pyridine rings is 1. The summed E-state index contributed by atoms with van der Waals surface area (Å²) < 4.78 is 1.94. The molecule has 2 aromatic rings. The second-order valence-electron chi connectivity index (χ2n) is 4.88. The van der Waals surface area contributed by atoms with E-state index in [-0.39, 0.29) is 11.6 Å². The van der Waals surface area contributed by atoms with E-state index >= 15 is 0 Å². The van der Waals surface area contributed by atoms with Crippen LogP contribution in [0, 0.1) is 13.8 Å². The van der Waals surface area contributed by atoms with Gasteiger partial charge in [-0.1, -0.05) is 0 Å². The van der Waals surface area contributed by atoms with E-state index < -0.39 is 5.97 Å². The van der Waals surface area contributed by atoms with E-state index in [1.807, 2.05) is 24.6 Å². The van der Waals surface area contributed by atoms with Gasteiger partial charge in [-0.25, -0.2) is 9.78 Å². The molecule has 0 radical (unpaired) electrons. The third-order valence-electron chi connectivity index (χ3n) is 2.99. The Morgan fingerprint density at radius 1 is 1.50 bits per heavy atom. The number of carboxylic acids is 1. The minimum Gasteiger partial charge on any atom is -0.478 e. The van der Waals surface area contributed by atoms with Gasteiger partial charge in [0.2, 0.25) is 0 Å². The molecular weight excluding hydrogens is 256 g/mol. The van der Waals surface area contributed by atoms with Gasteiger partial charge < -0.3 is 15.0 Å². The van der Waals surface area contributed by atoms with Crippen LogP contribution in [0.3, 0.4) is 0 Å². The molecule has 2 heterocycles. The Hall–Kier alpha value is -2.37. The van der Waals surface area contributed by atoms with E-state index in [4.69, 9.17) is 0 Å². The fourth-order valence-corrected chi connectivity index (χ4v) is 2.23. The molecule has 6 heteroatoms. The molecule has 2 aromatic heterocycles. The fourth-order valence-electron chi connectivity index (χ4n) is 2.23. The smallest absolute Gasteiger partial charge is 0.339 e. The van der Waals surface area contributed by atoms with Gasteiger partial charge in [0.25, 0.3) is 0 Å². The molecule has 1 atom stereocenters. The lowest BCUT2D eigenvalue weighted by atomic mass is 10.1. The maximum absolute atomic E-state index is 11.4. The maximum Gasteiger partial charge on any atom is 0.339 e. The minimum atomic E-state index is -0.965. The maximum atomic E-state index is 11.4. The lowest BCUT2D eigenvalue weighted by Crippen LogP contribution is -2.23. The van der Waals surface area contributed by atoms with Crippen molar-refractivity contribution in [3.63, 3.8) is 0 Å². The van der Waals surface area contributed by atoms with Gasteiger partial charge in [0.15, 0.2) is 0 Å². The average Bonchev–Trinajstić information content (AvgIpc) is 2.79. The summed E-state index contributed by atoms with van der Waals surface area (Å²) in [6.07, 6.45) is 5.33. The summed E-state index contributed by atoms with van der Waals surface area (Å²) in [4.78, 5) is 19.5. The first kappa shape index (κ1) is 14.0. The van der Waals surface area contributed by atoms with Gasteiger partial charge in [-0.15, -0.1) is 0 Å². The van der Waals surface area contributed by atoms with E-state index in [0.717, 1.165) is 5.69 Å². The van der Waals surface area contributed by atoms with Crippen molar-refractivity contribution in [1.29, 1.82) is 0 Å². The molecule has 106 valence electrons. The summed E-state index contributed by atoms with van der Waals surface area (Å²) in [6.45, 7) is 6.27. The first-order valence-corrected chi connectivity index (χ1v) is 6.41. The van der Waals surface area contributed by atoms with Gasteiger partial charge in [0.05, 0.1) is 17.7 Å². The van der Waals surface area contributed by atoms with Gasteiger partial charge in [-0.05, 0) is 26.8 Å². The monoisotopic (exact) mass is 274 g/mol. The molecule has 0 fully saturated rings. The molecule has 6 nitrogen and oxygen atoms in total. The Kier molecular flexibility index (Phi) is 4.02. The second kappa shape index (κ2) is 5.73. The number of imidazole rings is 1. The molecule has 0 aromatic carbocycles. The number of aromatic nitrogens is 3. The standard InChI is InChI=1S/C14H18N4O2/c1-9-6-12(13(14(19)20)11(3)16-9)17-10(2)7-18-5-4-15-8-18/h4-6,8,10H,7H2,1-3H3,(H,16,17)(H,19,20). The molecule has 0 spiro atoms. The Labute approximate surface area is 117 Å². The Morgan fingerprint density at radius 3 is 2.85 bits per heavy atom. The number of rotatable bonds is 5. The van der Waals surface area contributed by atoms with Gasteiger partial charge in [-0.3, -0.25) is 4.98 Å². The molecule has 0 amide bonds. The van der Waals surface area contributed by atoms with E-state index in [0.29, 0.717) is 17.9 Å². The molecule has 2 rings (SSSR count). The van der Waals surface area contributed by atoms with Crippen molar-refractivity contribution in [3.8, 4) is 0 Å². The summed E-state index contributed by atoms with van der Waals surface area (Å²) in [7, 11) is 0. The lowest BCUT2D eigenvalue weighted by Gasteiger charge is -2.18. The number of carboxylic acid groups (broad SMARTS) is 1. The normalized spacial score (nSPS) is 12.2. The number of hydrogen-bond donors (Lipinski definition) is 2. The number of aromatic carboxylic acids is 1. The summed E-state index contributed by atoms with van der Waals surface area (Å²) >= 11 is 0. The molecule has 0 aliphatic heterocycles. The number of carbonyl (C=O) groups is 1. The van der Waals surface area contributed by atoms with Crippen molar-refractivity contribution in [2.24, 2.45) is 0 Å². The molecular formula is C14H18N4O2. The molecule has 0 saturated heterocycles. The zero-order valence-electron chi connectivity index (χ0n) is 11.8. The van der Waals surface area contributed by atoms with E-state index in [9.17, 15) is 9.90 Å². The molecule has 1 unspecified atom stereocenters.